The fourth-order valence-electron chi connectivity index (χ4n) is 4.11. The molecular formula is C26H27FN2O2. The molecule has 3 aromatic rings. The highest BCUT2D eigenvalue weighted by molar-refractivity contribution is 5.79. The largest absolute Gasteiger partial charge is 0.497 e. The molecule has 1 fully saturated rings. The maximum atomic E-state index is 13.2. The number of piperidine rings is 1. The zero-order valence-electron chi connectivity index (χ0n) is 17.8. The molecule has 1 aliphatic heterocycles. The molecule has 1 saturated heterocycles. The first-order valence-electron chi connectivity index (χ1n) is 10.7. The third-order valence-corrected chi connectivity index (χ3v) is 5.83. The monoisotopic (exact) mass is 418 g/mol. The van der Waals surface area contributed by atoms with Crippen LogP contribution in [0.1, 0.15) is 41.3 Å². The number of carbonyl (C=O) groups is 1. The molecule has 1 aromatic heterocycles. The SMILES string of the molecule is COc1ccc(CC(=O)N2CCCC(c3cccc(Cc4ccc(F)cc4)n3)C2)cc1. The summed E-state index contributed by atoms with van der Waals surface area (Å²) in [4.78, 5) is 19.7. The number of carbonyl (C=O) groups excluding carboxylic acids is 1. The Morgan fingerprint density at radius 1 is 1.06 bits per heavy atom. The third-order valence-electron chi connectivity index (χ3n) is 5.83. The number of likely N-dealkylation sites (tertiary alicyclic amines) is 1. The topological polar surface area (TPSA) is 42.4 Å². The minimum atomic E-state index is -0.230. The molecule has 0 aliphatic carbocycles. The van der Waals surface area contributed by atoms with E-state index in [9.17, 15) is 9.18 Å². The summed E-state index contributed by atoms with van der Waals surface area (Å²) in [6.45, 7) is 1.49. The fraction of sp³-hybridized carbons (Fsp3) is 0.308. The Bertz CT molecular complexity index is 1020. The summed E-state index contributed by atoms with van der Waals surface area (Å²) in [6.07, 6.45) is 3.07. The second kappa shape index (κ2) is 9.73. The number of aromatic nitrogens is 1. The first-order valence-corrected chi connectivity index (χ1v) is 10.7. The van der Waals surface area contributed by atoms with E-state index in [1.54, 1.807) is 19.2 Å². The van der Waals surface area contributed by atoms with Crippen molar-refractivity contribution in [3.63, 3.8) is 0 Å². The van der Waals surface area contributed by atoms with Crippen LogP contribution in [0.25, 0.3) is 0 Å². The van der Waals surface area contributed by atoms with E-state index in [1.807, 2.05) is 41.3 Å². The maximum Gasteiger partial charge on any atom is 0.227 e. The van der Waals surface area contributed by atoms with Crippen LogP contribution in [0.2, 0.25) is 0 Å². The van der Waals surface area contributed by atoms with Crippen LogP contribution >= 0.6 is 0 Å². The van der Waals surface area contributed by atoms with Crippen molar-refractivity contribution >= 4 is 5.91 Å². The molecule has 0 radical (unpaired) electrons. The average molecular weight is 419 g/mol. The van der Waals surface area contributed by atoms with E-state index in [1.165, 1.54) is 12.1 Å². The predicted octanol–water partition coefficient (Wildman–Crippen LogP) is 4.77. The van der Waals surface area contributed by atoms with Gasteiger partial charge < -0.3 is 9.64 Å². The van der Waals surface area contributed by atoms with Crippen LogP contribution in [-0.4, -0.2) is 36.0 Å². The molecule has 0 saturated carbocycles. The number of benzene rings is 2. The Balaban J connectivity index is 1.40. The molecule has 1 atom stereocenters. The number of ether oxygens (including phenoxy) is 1. The van der Waals surface area contributed by atoms with E-state index in [0.29, 0.717) is 19.4 Å². The van der Waals surface area contributed by atoms with Gasteiger partial charge in [0.25, 0.3) is 0 Å². The first-order chi connectivity index (χ1) is 15.1. The van der Waals surface area contributed by atoms with Crippen LogP contribution in [-0.2, 0) is 17.6 Å². The summed E-state index contributed by atoms with van der Waals surface area (Å²) in [7, 11) is 1.64. The lowest BCUT2D eigenvalue weighted by molar-refractivity contribution is -0.131. The van der Waals surface area contributed by atoms with Gasteiger partial charge in [-0.1, -0.05) is 30.3 Å². The number of methoxy groups -OCH3 is 1. The average Bonchev–Trinajstić information content (AvgIpc) is 2.81. The summed E-state index contributed by atoms with van der Waals surface area (Å²) in [5.41, 5.74) is 4.02. The Morgan fingerprint density at radius 2 is 1.81 bits per heavy atom. The number of hydrogen-bond acceptors (Lipinski definition) is 3. The fourth-order valence-corrected chi connectivity index (χ4v) is 4.11. The van der Waals surface area contributed by atoms with Crippen molar-refractivity contribution in [3.05, 3.63) is 95.1 Å². The van der Waals surface area contributed by atoms with Gasteiger partial charge in [-0.2, -0.15) is 0 Å². The molecule has 1 unspecified atom stereocenters. The van der Waals surface area contributed by atoms with E-state index in [-0.39, 0.29) is 17.6 Å². The minimum absolute atomic E-state index is 0.150. The minimum Gasteiger partial charge on any atom is -0.497 e. The van der Waals surface area contributed by atoms with Crippen LogP contribution in [0.4, 0.5) is 4.39 Å². The van der Waals surface area contributed by atoms with Gasteiger partial charge in [-0.15, -0.1) is 0 Å². The van der Waals surface area contributed by atoms with Crippen LogP contribution in [0, 0.1) is 5.82 Å². The molecule has 0 N–H and O–H groups in total. The Labute approximate surface area is 182 Å². The van der Waals surface area contributed by atoms with Gasteiger partial charge in [0.1, 0.15) is 11.6 Å². The summed E-state index contributed by atoms with van der Waals surface area (Å²) >= 11 is 0. The third kappa shape index (κ3) is 5.48. The number of halogens is 1. The molecule has 4 rings (SSSR count). The van der Waals surface area contributed by atoms with E-state index < -0.39 is 0 Å². The molecule has 4 nitrogen and oxygen atoms in total. The number of amides is 1. The summed E-state index contributed by atoms with van der Waals surface area (Å²) in [5.74, 6) is 0.951. The Morgan fingerprint density at radius 3 is 2.55 bits per heavy atom. The van der Waals surface area contributed by atoms with Crippen molar-refractivity contribution in [3.8, 4) is 5.75 Å². The van der Waals surface area contributed by atoms with Crippen molar-refractivity contribution < 1.29 is 13.9 Å². The highest BCUT2D eigenvalue weighted by Gasteiger charge is 2.25. The van der Waals surface area contributed by atoms with Gasteiger partial charge >= 0.3 is 0 Å². The van der Waals surface area contributed by atoms with Crippen molar-refractivity contribution in [2.24, 2.45) is 0 Å². The highest BCUT2D eigenvalue weighted by Crippen LogP contribution is 2.27. The van der Waals surface area contributed by atoms with Crippen LogP contribution < -0.4 is 4.74 Å². The Kier molecular flexibility index (Phi) is 6.60. The predicted molar refractivity (Wildman–Crippen MR) is 119 cm³/mol. The lowest BCUT2D eigenvalue weighted by Gasteiger charge is -2.32. The van der Waals surface area contributed by atoms with Crippen LogP contribution in [0.15, 0.2) is 66.7 Å². The molecule has 0 bridgehead atoms. The number of pyridine rings is 1. The number of hydrogen-bond donors (Lipinski definition) is 0. The summed E-state index contributed by atoms with van der Waals surface area (Å²) in [5, 5.41) is 0. The first kappa shape index (κ1) is 21.0. The number of rotatable bonds is 6. The molecule has 160 valence electrons. The quantitative estimate of drug-likeness (QED) is 0.579. The molecule has 2 heterocycles. The van der Waals surface area contributed by atoms with Crippen LogP contribution in [0.5, 0.6) is 5.75 Å². The highest BCUT2D eigenvalue weighted by atomic mass is 19.1. The zero-order chi connectivity index (χ0) is 21.6. The molecule has 1 aliphatic rings. The molecule has 1 amide bonds. The van der Waals surface area contributed by atoms with Gasteiger partial charge in [0.15, 0.2) is 0 Å². The van der Waals surface area contributed by atoms with E-state index >= 15 is 0 Å². The van der Waals surface area contributed by atoms with Gasteiger partial charge in [-0.3, -0.25) is 9.78 Å². The van der Waals surface area contributed by atoms with Gasteiger partial charge in [0.2, 0.25) is 5.91 Å². The smallest absolute Gasteiger partial charge is 0.227 e. The molecule has 31 heavy (non-hydrogen) atoms. The maximum absolute atomic E-state index is 13.2. The second-order valence-corrected chi connectivity index (χ2v) is 8.06. The van der Waals surface area contributed by atoms with Gasteiger partial charge in [0, 0.05) is 36.8 Å². The molecule has 0 spiro atoms. The summed E-state index contributed by atoms with van der Waals surface area (Å²) in [6, 6.07) is 20.3. The Hall–Kier alpha value is -3.21. The molecular weight excluding hydrogens is 391 g/mol. The van der Waals surface area contributed by atoms with Crippen molar-refractivity contribution in [1.82, 2.24) is 9.88 Å². The lowest BCUT2D eigenvalue weighted by Crippen LogP contribution is -2.40. The van der Waals surface area contributed by atoms with Crippen LogP contribution in [0.3, 0.4) is 0 Å². The molecule has 5 heteroatoms. The van der Waals surface area contributed by atoms with Crippen molar-refractivity contribution in [1.29, 1.82) is 0 Å². The zero-order valence-corrected chi connectivity index (χ0v) is 17.8. The molecule has 2 aromatic carbocycles. The van der Waals surface area contributed by atoms with Gasteiger partial charge in [-0.25, -0.2) is 4.39 Å². The van der Waals surface area contributed by atoms with E-state index in [0.717, 1.165) is 47.7 Å². The standard InChI is InChI=1S/C26H27FN2O2/c1-31-24-13-9-20(10-14-24)17-26(30)29-15-3-4-21(18-29)25-6-2-5-23(28-25)16-19-7-11-22(27)12-8-19/h2,5-14,21H,3-4,15-18H2,1H3. The lowest BCUT2D eigenvalue weighted by atomic mass is 9.93. The second-order valence-electron chi connectivity index (χ2n) is 8.06. The van der Waals surface area contributed by atoms with Crippen molar-refractivity contribution in [2.45, 2.75) is 31.6 Å². The summed E-state index contributed by atoms with van der Waals surface area (Å²) < 4.78 is 18.3. The van der Waals surface area contributed by atoms with Gasteiger partial charge in [0.05, 0.1) is 13.5 Å². The van der Waals surface area contributed by atoms with Crippen molar-refractivity contribution in [2.75, 3.05) is 20.2 Å². The normalized spacial score (nSPS) is 16.2. The van der Waals surface area contributed by atoms with E-state index in [4.69, 9.17) is 9.72 Å². The van der Waals surface area contributed by atoms with Gasteiger partial charge in [-0.05, 0) is 60.4 Å². The number of nitrogens with zero attached hydrogens (tertiary/aromatic N) is 2. The van der Waals surface area contributed by atoms with E-state index in [2.05, 4.69) is 6.07 Å².